The summed E-state index contributed by atoms with van der Waals surface area (Å²) in [5, 5.41) is 5.40. The summed E-state index contributed by atoms with van der Waals surface area (Å²) in [7, 11) is 0. The van der Waals surface area contributed by atoms with Crippen LogP contribution < -0.4 is 10.2 Å². The van der Waals surface area contributed by atoms with Crippen LogP contribution in [0.4, 0.5) is 5.69 Å². The van der Waals surface area contributed by atoms with E-state index < -0.39 is 0 Å². The molecule has 1 saturated heterocycles. The fraction of sp³-hybridized carbons (Fsp3) is 0.333. The molecule has 0 spiro atoms. The minimum absolute atomic E-state index is 0.779. The van der Waals surface area contributed by atoms with Crippen LogP contribution in [0, 0.1) is 0 Å². The molecule has 3 nitrogen and oxygen atoms in total. The van der Waals surface area contributed by atoms with Gasteiger partial charge in [-0.15, -0.1) is 0 Å². The normalized spacial score (nSPS) is 16.9. The van der Waals surface area contributed by atoms with Gasteiger partial charge in [0.1, 0.15) is 0 Å². The third kappa shape index (κ3) is 1.66. The van der Waals surface area contributed by atoms with Crippen molar-refractivity contribution < 1.29 is 0 Å². The molecule has 2 N–H and O–H groups in total. The number of nitrogens with one attached hydrogen (secondary N) is 2. The molecule has 0 radical (unpaired) electrons. The monoisotopic (exact) mass is 235 g/mol. The Morgan fingerprint density at radius 1 is 1.19 bits per heavy atom. The van der Waals surface area contributed by atoms with Crippen LogP contribution in [0.1, 0.15) is 0 Å². The molecule has 2 aromatic rings. The second-order valence-corrected chi connectivity index (χ2v) is 4.54. The van der Waals surface area contributed by atoms with E-state index in [2.05, 4.69) is 27.5 Å². The van der Waals surface area contributed by atoms with Crippen molar-refractivity contribution in [3.63, 3.8) is 0 Å². The number of aromatic nitrogens is 1. The predicted molar refractivity (Wildman–Crippen MR) is 68.4 cm³/mol. The average Bonchev–Trinajstić information content (AvgIpc) is 2.73. The SMILES string of the molecule is Clc1ccc2c(N3CCNCC3)c[nH]c2c1. The number of benzene rings is 1. The maximum atomic E-state index is 5.97. The van der Waals surface area contributed by atoms with Crippen molar-refractivity contribution in [2.75, 3.05) is 31.1 Å². The van der Waals surface area contributed by atoms with Crippen molar-refractivity contribution in [3.8, 4) is 0 Å². The van der Waals surface area contributed by atoms with Gasteiger partial charge in [0.05, 0.1) is 5.69 Å². The summed E-state index contributed by atoms with van der Waals surface area (Å²) in [4.78, 5) is 5.69. The van der Waals surface area contributed by atoms with Gasteiger partial charge in [0, 0.05) is 48.3 Å². The number of hydrogen-bond donors (Lipinski definition) is 2. The van der Waals surface area contributed by atoms with Crippen LogP contribution in [0.15, 0.2) is 24.4 Å². The summed E-state index contributed by atoms with van der Waals surface area (Å²) < 4.78 is 0. The molecule has 0 amide bonds. The Morgan fingerprint density at radius 2 is 2.00 bits per heavy atom. The lowest BCUT2D eigenvalue weighted by Crippen LogP contribution is -2.43. The van der Waals surface area contributed by atoms with Crippen LogP contribution in [0.2, 0.25) is 5.02 Å². The lowest BCUT2D eigenvalue weighted by molar-refractivity contribution is 0.590. The zero-order chi connectivity index (χ0) is 11.0. The van der Waals surface area contributed by atoms with Gasteiger partial charge >= 0.3 is 0 Å². The first-order chi connectivity index (χ1) is 7.84. The fourth-order valence-corrected chi connectivity index (χ4v) is 2.42. The van der Waals surface area contributed by atoms with Gasteiger partial charge in [0.2, 0.25) is 0 Å². The van der Waals surface area contributed by atoms with Crippen molar-refractivity contribution >= 4 is 28.2 Å². The summed E-state index contributed by atoms with van der Waals surface area (Å²) in [5.41, 5.74) is 2.40. The number of hydrogen-bond acceptors (Lipinski definition) is 2. The number of piperazine rings is 1. The molecule has 4 heteroatoms. The molecule has 1 aromatic heterocycles. The van der Waals surface area contributed by atoms with Gasteiger partial charge in [0.25, 0.3) is 0 Å². The maximum absolute atomic E-state index is 5.97. The molecule has 84 valence electrons. The highest BCUT2D eigenvalue weighted by Gasteiger charge is 2.14. The van der Waals surface area contributed by atoms with Gasteiger partial charge in [-0.05, 0) is 18.2 Å². The number of fused-ring (bicyclic) bond motifs is 1. The van der Waals surface area contributed by atoms with Gasteiger partial charge in [0.15, 0.2) is 0 Å². The molecule has 1 fully saturated rings. The molecule has 3 rings (SSSR count). The van der Waals surface area contributed by atoms with Gasteiger partial charge in [-0.3, -0.25) is 0 Å². The van der Waals surface area contributed by atoms with E-state index in [0.29, 0.717) is 0 Å². The van der Waals surface area contributed by atoms with Crippen LogP contribution in [0.25, 0.3) is 10.9 Å². The second-order valence-electron chi connectivity index (χ2n) is 4.10. The third-order valence-electron chi connectivity index (χ3n) is 3.08. The molecule has 2 heterocycles. The van der Waals surface area contributed by atoms with Gasteiger partial charge in [-0.25, -0.2) is 0 Å². The number of aromatic amines is 1. The number of H-pyrrole nitrogens is 1. The first kappa shape index (κ1) is 10.00. The Balaban J connectivity index is 2.03. The minimum Gasteiger partial charge on any atom is -0.367 e. The van der Waals surface area contributed by atoms with Crippen molar-refractivity contribution in [1.82, 2.24) is 10.3 Å². The molecule has 0 bridgehead atoms. The van der Waals surface area contributed by atoms with E-state index >= 15 is 0 Å². The quantitative estimate of drug-likeness (QED) is 0.794. The maximum Gasteiger partial charge on any atom is 0.0624 e. The van der Waals surface area contributed by atoms with Crippen LogP contribution in [-0.2, 0) is 0 Å². The van der Waals surface area contributed by atoms with Gasteiger partial charge < -0.3 is 15.2 Å². The van der Waals surface area contributed by atoms with E-state index in [1.807, 2.05) is 12.1 Å². The molecule has 0 atom stereocenters. The lowest BCUT2D eigenvalue weighted by atomic mass is 10.2. The molecule has 0 unspecified atom stereocenters. The first-order valence-electron chi connectivity index (χ1n) is 5.57. The third-order valence-corrected chi connectivity index (χ3v) is 3.31. The van der Waals surface area contributed by atoms with Crippen LogP contribution in [0.5, 0.6) is 0 Å². The van der Waals surface area contributed by atoms with E-state index in [-0.39, 0.29) is 0 Å². The highest BCUT2D eigenvalue weighted by Crippen LogP contribution is 2.28. The van der Waals surface area contributed by atoms with E-state index in [4.69, 9.17) is 11.6 Å². The van der Waals surface area contributed by atoms with Crippen molar-refractivity contribution in [3.05, 3.63) is 29.4 Å². The summed E-state index contributed by atoms with van der Waals surface area (Å²) in [5.74, 6) is 0. The summed E-state index contributed by atoms with van der Waals surface area (Å²) >= 11 is 5.97. The van der Waals surface area contributed by atoms with Gasteiger partial charge in [-0.1, -0.05) is 11.6 Å². The molecule has 0 aliphatic carbocycles. The Bertz CT molecular complexity index is 500. The Hall–Kier alpha value is -1.19. The van der Waals surface area contributed by atoms with Crippen LogP contribution in [-0.4, -0.2) is 31.2 Å². The zero-order valence-electron chi connectivity index (χ0n) is 8.96. The predicted octanol–water partition coefficient (Wildman–Crippen LogP) is 2.23. The van der Waals surface area contributed by atoms with E-state index in [0.717, 1.165) is 36.7 Å². The minimum atomic E-state index is 0.779. The Labute approximate surface area is 99.4 Å². The zero-order valence-corrected chi connectivity index (χ0v) is 9.72. The number of nitrogens with zero attached hydrogens (tertiary/aromatic N) is 1. The van der Waals surface area contributed by atoms with E-state index in [1.54, 1.807) is 0 Å². The Kier molecular flexibility index (Phi) is 2.50. The Morgan fingerprint density at radius 3 is 2.81 bits per heavy atom. The lowest BCUT2D eigenvalue weighted by Gasteiger charge is -2.28. The first-order valence-corrected chi connectivity index (χ1v) is 5.95. The van der Waals surface area contributed by atoms with E-state index in [9.17, 15) is 0 Å². The van der Waals surface area contributed by atoms with Crippen LogP contribution in [0.3, 0.4) is 0 Å². The molecule has 0 saturated carbocycles. The number of anilines is 1. The molecule has 1 aromatic carbocycles. The molecule has 16 heavy (non-hydrogen) atoms. The number of rotatable bonds is 1. The van der Waals surface area contributed by atoms with Crippen molar-refractivity contribution in [2.24, 2.45) is 0 Å². The highest BCUT2D eigenvalue weighted by atomic mass is 35.5. The smallest absolute Gasteiger partial charge is 0.0624 e. The standard InChI is InChI=1S/C12H14ClN3/c13-9-1-2-10-11(7-9)15-8-12(10)16-5-3-14-4-6-16/h1-2,7-8,14-15H,3-6H2. The largest absolute Gasteiger partial charge is 0.367 e. The number of halogens is 1. The summed E-state index contributed by atoms with van der Waals surface area (Å²) in [6.45, 7) is 4.24. The van der Waals surface area contributed by atoms with Gasteiger partial charge in [-0.2, -0.15) is 0 Å². The second kappa shape index (κ2) is 4.00. The topological polar surface area (TPSA) is 31.1 Å². The van der Waals surface area contributed by atoms with Crippen molar-refractivity contribution in [1.29, 1.82) is 0 Å². The highest BCUT2D eigenvalue weighted by molar-refractivity contribution is 6.31. The fourth-order valence-electron chi connectivity index (χ4n) is 2.25. The van der Waals surface area contributed by atoms with Crippen LogP contribution >= 0.6 is 11.6 Å². The molecular formula is C12H14ClN3. The molecule has 1 aliphatic heterocycles. The average molecular weight is 236 g/mol. The summed E-state index contributed by atoms with van der Waals surface area (Å²) in [6, 6.07) is 6.01. The summed E-state index contributed by atoms with van der Waals surface area (Å²) in [6.07, 6.45) is 2.08. The van der Waals surface area contributed by atoms with E-state index in [1.165, 1.54) is 11.1 Å². The van der Waals surface area contributed by atoms with Crippen molar-refractivity contribution in [2.45, 2.75) is 0 Å². The molecule has 1 aliphatic rings. The molecular weight excluding hydrogens is 222 g/mol.